The topological polar surface area (TPSA) is 47.3 Å². The van der Waals surface area contributed by atoms with Crippen molar-refractivity contribution in [1.29, 1.82) is 0 Å². The van der Waals surface area contributed by atoms with Gasteiger partial charge >= 0.3 is 0 Å². The minimum absolute atomic E-state index is 0. The summed E-state index contributed by atoms with van der Waals surface area (Å²) in [5.41, 5.74) is 3.12. The number of nitrogens with one attached hydrogen (secondary N) is 1. The molecular weight excluding hydrogens is 195 g/mol. The van der Waals surface area contributed by atoms with Gasteiger partial charge < -0.3 is 10.2 Å². The molecule has 0 heterocycles. The molecule has 0 saturated carbocycles. The van der Waals surface area contributed by atoms with Gasteiger partial charge in [-0.25, -0.2) is 0 Å². The van der Waals surface area contributed by atoms with Crippen molar-refractivity contribution in [1.82, 2.24) is 0 Å². The van der Waals surface area contributed by atoms with Gasteiger partial charge in [-0.15, -0.1) is 0 Å². The summed E-state index contributed by atoms with van der Waals surface area (Å²) in [5.74, 6) is 5.91. The molecule has 0 aliphatic heterocycles. The third-order valence-corrected chi connectivity index (χ3v) is 1.66. The lowest BCUT2D eigenvalue weighted by Crippen LogP contribution is -2.07. The van der Waals surface area contributed by atoms with Gasteiger partial charge in [0, 0.05) is 6.07 Å². The Morgan fingerprint density at radius 3 is 2.67 bits per heavy atom. The first-order valence-electron chi connectivity index (χ1n) is 3.08. The highest BCUT2D eigenvalue weighted by Gasteiger charge is 1.98. The number of ether oxygens (including phenoxy) is 1. The van der Waals surface area contributed by atoms with E-state index in [-0.39, 0.29) is 9.90 Å². The molecule has 1 unspecified atom stereocenters. The van der Waals surface area contributed by atoms with Crippen LogP contribution in [0, 0.1) is 0 Å². The third-order valence-electron chi connectivity index (χ3n) is 1.33. The first-order chi connectivity index (χ1) is 5.27. The van der Waals surface area contributed by atoms with Crippen molar-refractivity contribution in [3.8, 4) is 5.75 Å². The summed E-state index contributed by atoms with van der Waals surface area (Å²) in [4.78, 5) is 0. The van der Waals surface area contributed by atoms with Gasteiger partial charge in [-0.1, -0.05) is 11.6 Å². The maximum Gasteiger partial charge on any atom is 0.121 e. The highest BCUT2D eigenvalue weighted by atomic mass is 35.5. The van der Waals surface area contributed by atoms with Gasteiger partial charge in [-0.2, -0.15) is 9.90 Å². The van der Waals surface area contributed by atoms with Gasteiger partial charge in [0.25, 0.3) is 0 Å². The van der Waals surface area contributed by atoms with E-state index in [1.54, 1.807) is 25.3 Å². The Bertz CT molecular complexity index is 257. The van der Waals surface area contributed by atoms with Gasteiger partial charge in [0.2, 0.25) is 0 Å². The molecule has 0 aliphatic carbocycles. The van der Waals surface area contributed by atoms with Crippen LogP contribution in [0.4, 0.5) is 5.69 Å². The summed E-state index contributed by atoms with van der Waals surface area (Å²) >= 11 is 5.76. The van der Waals surface area contributed by atoms with E-state index in [0.717, 1.165) is 5.75 Å². The molecule has 12 heavy (non-hydrogen) atoms. The number of anilines is 1. The Morgan fingerprint density at radius 1 is 1.50 bits per heavy atom. The number of benzene rings is 1. The van der Waals surface area contributed by atoms with Crippen molar-refractivity contribution in [2.45, 2.75) is 0 Å². The SMILES string of the molecule is COc1ccc(Cl)c(NN)c1.P. The minimum atomic E-state index is 0. The van der Waals surface area contributed by atoms with E-state index in [0.29, 0.717) is 10.7 Å². The van der Waals surface area contributed by atoms with Crippen LogP contribution in [0.1, 0.15) is 0 Å². The van der Waals surface area contributed by atoms with E-state index in [1.807, 2.05) is 0 Å². The quantitative estimate of drug-likeness (QED) is 0.440. The van der Waals surface area contributed by atoms with Gasteiger partial charge in [0.1, 0.15) is 5.75 Å². The number of halogens is 1. The van der Waals surface area contributed by atoms with E-state index in [9.17, 15) is 0 Å². The van der Waals surface area contributed by atoms with Crippen molar-refractivity contribution in [3.63, 3.8) is 0 Å². The smallest absolute Gasteiger partial charge is 0.121 e. The molecule has 3 nitrogen and oxygen atoms in total. The summed E-state index contributed by atoms with van der Waals surface area (Å²) in [6.07, 6.45) is 0. The molecular formula is C7H12ClN2OP. The summed E-state index contributed by atoms with van der Waals surface area (Å²) in [6.45, 7) is 0. The van der Waals surface area contributed by atoms with Crippen LogP contribution in [0.15, 0.2) is 18.2 Å². The lowest BCUT2D eigenvalue weighted by atomic mass is 10.3. The van der Waals surface area contributed by atoms with Crippen molar-refractivity contribution < 1.29 is 4.74 Å². The number of hydrazine groups is 1. The zero-order valence-electron chi connectivity index (χ0n) is 6.80. The highest BCUT2D eigenvalue weighted by molar-refractivity contribution is 6.92. The predicted octanol–water partition coefficient (Wildman–Crippen LogP) is 1.69. The van der Waals surface area contributed by atoms with Crippen LogP contribution in [0.2, 0.25) is 5.02 Å². The number of rotatable bonds is 2. The highest BCUT2D eigenvalue weighted by Crippen LogP contribution is 2.25. The van der Waals surface area contributed by atoms with Gasteiger partial charge in [-0.05, 0) is 12.1 Å². The zero-order valence-corrected chi connectivity index (χ0v) is 8.97. The third kappa shape index (κ3) is 2.52. The first-order valence-corrected chi connectivity index (χ1v) is 3.46. The number of methoxy groups -OCH3 is 1. The zero-order chi connectivity index (χ0) is 8.27. The Labute approximate surface area is 79.8 Å². The molecule has 68 valence electrons. The summed E-state index contributed by atoms with van der Waals surface area (Å²) in [6, 6.07) is 5.21. The lowest BCUT2D eigenvalue weighted by Gasteiger charge is -2.04. The maximum absolute atomic E-state index is 5.76. The fourth-order valence-corrected chi connectivity index (χ4v) is 0.914. The van der Waals surface area contributed by atoms with Crippen LogP contribution in [0.3, 0.4) is 0 Å². The van der Waals surface area contributed by atoms with Gasteiger partial charge in [-0.3, -0.25) is 5.84 Å². The maximum atomic E-state index is 5.76. The normalized spacial score (nSPS) is 8.58. The van der Waals surface area contributed by atoms with Crippen molar-refractivity contribution in [2.75, 3.05) is 12.5 Å². The number of hydrogen-bond acceptors (Lipinski definition) is 3. The fraction of sp³-hybridized carbons (Fsp3) is 0.143. The second kappa shape index (κ2) is 5.20. The molecule has 5 heteroatoms. The molecule has 1 rings (SSSR count). The Balaban J connectivity index is 0.00000121. The number of nitrogen functional groups attached to an aromatic ring is 1. The van der Waals surface area contributed by atoms with E-state index < -0.39 is 0 Å². The molecule has 1 aromatic carbocycles. The Morgan fingerprint density at radius 2 is 2.17 bits per heavy atom. The standard InChI is InChI=1S/C7H9ClN2O.H3P/c1-11-5-2-3-6(8)7(4-5)10-9;/h2-4,10H,9H2,1H3;1H3. The molecule has 0 fully saturated rings. The summed E-state index contributed by atoms with van der Waals surface area (Å²) in [7, 11) is 1.59. The van der Waals surface area contributed by atoms with Crippen LogP contribution in [-0.4, -0.2) is 7.11 Å². The van der Waals surface area contributed by atoms with Crippen molar-refractivity contribution in [2.24, 2.45) is 5.84 Å². The van der Waals surface area contributed by atoms with E-state index in [1.165, 1.54) is 0 Å². The molecule has 0 aromatic heterocycles. The Kier molecular flexibility index (Phi) is 4.98. The van der Waals surface area contributed by atoms with Crippen LogP contribution in [0.5, 0.6) is 5.75 Å². The van der Waals surface area contributed by atoms with Gasteiger partial charge in [0.05, 0.1) is 17.8 Å². The van der Waals surface area contributed by atoms with Crippen LogP contribution in [-0.2, 0) is 0 Å². The largest absolute Gasteiger partial charge is 0.497 e. The van der Waals surface area contributed by atoms with Crippen LogP contribution in [0.25, 0.3) is 0 Å². The molecule has 0 aliphatic rings. The van der Waals surface area contributed by atoms with Crippen LogP contribution < -0.4 is 16.0 Å². The fourth-order valence-electron chi connectivity index (χ4n) is 0.742. The molecule has 1 atom stereocenters. The molecule has 0 amide bonds. The Hall–Kier alpha value is -0.500. The number of hydrogen-bond donors (Lipinski definition) is 2. The summed E-state index contributed by atoms with van der Waals surface area (Å²) < 4.78 is 4.96. The minimum Gasteiger partial charge on any atom is -0.497 e. The monoisotopic (exact) mass is 206 g/mol. The van der Waals surface area contributed by atoms with Crippen molar-refractivity contribution in [3.05, 3.63) is 23.2 Å². The van der Waals surface area contributed by atoms with Gasteiger partial charge in [0.15, 0.2) is 0 Å². The first kappa shape index (κ1) is 11.5. The second-order valence-corrected chi connectivity index (χ2v) is 2.40. The van der Waals surface area contributed by atoms with Crippen LogP contribution >= 0.6 is 21.5 Å². The molecule has 1 aromatic rings. The van der Waals surface area contributed by atoms with E-state index in [4.69, 9.17) is 22.2 Å². The van der Waals surface area contributed by atoms with Crippen molar-refractivity contribution >= 4 is 27.2 Å². The molecule has 0 saturated heterocycles. The molecule has 0 spiro atoms. The second-order valence-electron chi connectivity index (χ2n) is 1.99. The van der Waals surface area contributed by atoms with E-state index >= 15 is 0 Å². The molecule has 0 bridgehead atoms. The average molecular weight is 207 g/mol. The lowest BCUT2D eigenvalue weighted by molar-refractivity contribution is 0.415. The molecule has 3 N–H and O–H groups in total. The summed E-state index contributed by atoms with van der Waals surface area (Å²) in [5, 5.41) is 0.577. The average Bonchev–Trinajstić information content (AvgIpc) is 2.05. The predicted molar refractivity (Wildman–Crippen MR) is 56.9 cm³/mol. The molecule has 0 radical (unpaired) electrons. The number of nitrogens with two attached hydrogens (primary N) is 1. The van der Waals surface area contributed by atoms with E-state index in [2.05, 4.69) is 5.43 Å².